The summed E-state index contributed by atoms with van der Waals surface area (Å²) in [5, 5.41) is 10.5. The number of H-pyrrole nitrogens is 1. The molecule has 144 valence electrons. The van der Waals surface area contributed by atoms with Crippen LogP contribution in [0.4, 0.5) is 9.18 Å². The first-order chi connectivity index (χ1) is 13.5. The molecule has 6 nitrogen and oxygen atoms in total. The number of pyridine rings is 1. The first-order valence-corrected chi connectivity index (χ1v) is 9.37. The van der Waals surface area contributed by atoms with Crippen LogP contribution in [0.25, 0.3) is 11.3 Å². The number of carbonyl (C=O) groups excluding carboxylic acids is 1. The Balaban J connectivity index is 1.49. The topological polar surface area (TPSA) is 73.9 Å². The van der Waals surface area contributed by atoms with E-state index in [1.807, 2.05) is 19.1 Å². The Bertz CT molecular complexity index is 1010. The number of urea groups is 1. The van der Waals surface area contributed by atoms with Gasteiger partial charge in [0.05, 0.1) is 23.3 Å². The largest absolute Gasteiger partial charge is 0.331 e. The summed E-state index contributed by atoms with van der Waals surface area (Å²) in [5.41, 5.74) is 4.51. The fourth-order valence-electron chi connectivity index (χ4n) is 3.36. The number of aromatic amines is 1. The van der Waals surface area contributed by atoms with Gasteiger partial charge in [0.1, 0.15) is 5.82 Å². The molecule has 8 heteroatoms. The van der Waals surface area contributed by atoms with Crippen LogP contribution in [0.1, 0.15) is 29.8 Å². The molecule has 0 bridgehead atoms. The number of benzene rings is 1. The molecule has 0 saturated heterocycles. The van der Waals surface area contributed by atoms with Crippen molar-refractivity contribution in [3.05, 3.63) is 70.4 Å². The third-order valence-electron chi connectivity index (χ3n) is 4.96. The van der Waals surface area contributed by atoms with Crippen molar-refractivity contribution in [2.24, 2.45) is 0 Å². The van der Waals surface area contributed by atoms with Gasteiger partial charge in [0.2, 0.25) is 0 Å². The summed E-state index contributed by atoms with van der Waals surface area (Å²) in [6, 6.07) is 7.80. The highest BCUT2D eigenvalue weighted by Crippen LogP contribution is 2.28. The first kappa shape index (κ1) is 18.4. The zero-order valence-corrected chi connectivity index (χ0v) is 16.0. The second kappa shape index (κ2) is 7.59. The Kier molecular flexibility index (Phi) is 5.00. The van der Waals surface area contributed by atoms with Crippen molar-refractivity contribution in [1.29, 1.82) is 0 Å². The van der Waals surface area contributed by atoms with Crippen LogP contribution in [0.15, 0.2) is 42.7 Å². The van der Waals surface area contributed by atoms with Crippen molar-refractivity contribution in [1.82, 2.24) is 25.4 Å². The number of nitrogens with one attached hydrogen (secondary N) is 2. The second-order valence-electron chi connectivity index (χ2n) is 6.78. The lowest BCUT2D eigenvalue weighted by Crippen LogP contribution is -2.43. The molecule has 4 rings (SSSR count). The average Bonchev–Trinajstić information content (AvgIpc) is 3.13. The molecule has 0 aliphatic carbocycles. The minimum Gasteiger partial charge on any atom is -0.331 e. The van der Waals surface area contributed by atoms with Crippen LogP contribution >= 0.6 is 11.6 Å². The minimum absolute atomic E-state index is 0.0643. The molecule has 1 aromatic carbocycles. The highest BCUT2D eigenvalue weighted by atomic mass is 35.5. The van der Waals surface area contributed by atoms with E-state index in [0.29, 0.717) is 25.1 Å². The number of amides is 2. The predicted molar refractivity (Wildman–Crippen MR) is 104 cm³/mol. The van der Waals surface area contributed by atoms with Gasteiger partial charge in [0.15, 0.2) is 0 Å². The maximum Gasteiger partial charge on any atom is 0.318 e. The monoisotopic (exact) mass is 399 g/mol. The van der Waals surface area contributed by atoms with E-state index in [4.69, 9.17) is 11.6 Å². The molecule has 0 fully saturated rings. The molecule has 2 amide bonds. The Morgan fingerprint density at radius 1 is 1.32 bits per heavy atom. The minimum atomic E-state index is -0.497. The van der Waals surface area contributed by atoms with Crippen LogP contribution in [-0.4, -0.2) is 32.7 Å². The summed E-state index contributed by atoms with van der Waals surface area (Å²) >= 11 is 5.73. The zero-order valence-electron chi connectivity index (χ0n) is 15.2. The average molecular weight is 400 g/mol. The molecular weight excluding hydrogens is 381 g/mol. The summed E-state index contributed by atoms with van der Waals surface area (Å²) in [5.74, 6) is -0.497. The maximum absolute atomic E-state index is 13.7. The second-order valence-corrected chi connectivity index (χ2v) is 7.19. The summed E-state index contributed by atoms with van der Waals surface area (Å²) in [6.45, 7) is 2.85. The lowest BCUT2D eigenvalue weighted by atomic mass is 10.0. The number of hydrogen-bond acceptors (Lipinski definition) is 3. The highest BCUT2D eigenvalue weighted by Gasteiger charge is 2.26. The van der Waals surface area contributed by atoms with Gasteiger partial charge >= 0.3 is 6.03 Å². The molecule has 28 heavy (non-hydrogen) atoms. The summed E-state index contributed by atoms with van der Waals surface area (Å²) in [4.78, 5) is 18.5. The Labute approximate surface area is 166 Å². The Morgan fingerprint density at radius 3 is 2.86 bits per heavy atom. The fraction of sp³-hybridized carbons (Fsp3) is 0.250. The summed E-state index contributed by atoms with van der Waals surface area (Å²) in [6.07, 6.45) is 4.14. The molecule has 2 N–H and O–H groups in total. The summed E-state index contributed by atoms with van der Waals surface area (Å²) in [7, 11) is 0. The smallest absolute Gasteiger partial charge is 0.318 e. The maximum atomic E-state index is 13.7. The Morgan fingerprint density at radius 2 is 2.11 bits per heavy atom. The number of hydrogen-bond donors (Lipinski definition) is 2. The number of rotatable bonds is 3. The van der Waals surface area contributed by atoms with E-state index in [1.54, 1.807) is 23.4 Å². The molecule has 2 aromatic heterocycles. The lowest BCUT2D eigenvalue weighted by Gasteiger charge is -2.29. The van der Waals surface area contributed by atoms with Gasteiger partial charge in [-0.25, -0.2) is 9.18 Å². The zero-order chi connectivity index (χ0) is 19.7. The van der Waals surface area contributed by atoms with E-state index in [9.17, 15) is 9.18 Å². The molecule has 3 heterocycles. The number of fused-ring (bicyclic) bond motifs is 1. The summed E-state index contributed by atoms with van der Waals surface area (Å²) < 4.78 is 13.7. The van der Waals surface area contributed by atoms with E-state index in [0.717, 1.165) is 22.5 Å². The van der Waals surface area contributed by atoms with Crippen molar-refractivity contribution in [3.8, 4) is 11.3 Å². The van der Waals surface area contributed by atoms with E-state index in [-0.39, 0.29) is 17.1 Å². The third-order valence-corrected chi connectivity index (χ3v) is 5.26. The van der Waals surface area contributed by atoms with Gasteiger partial charge in [0, 0.05) is 42.2 Å². The predicted octanol–water partition coefficient (Wildman–Crippen LogP) is 4.09. The van der Waals surface area contributed by atoms with Gasteiger partial charge in [-0.1, -0.05) is 17.7 Å². The highest BCUT2D eigenvalue weighted by molar-refractivity contribution is 6.30. The normalized spacial score (nSPS) is 14.5. The van der Waals surface area contributed by atoms with E-state index >= 15 is 0 Å². The standard InChI is InChI=1S/C20H19ClFN5O/c1-12(14-2-3-16(21)17(22)10-14)24-20(28)27-9-6-18-15(11-27)19(26-25-18)13-4-7-23-8-5-13/h2-5,7-8,10,12H,6,9,11H2,1H3,(H,24,28)(H,25,26). The van der Waals surface area contributed by atoms with Crippen LogP contribution in [-0.2, 0) is 13.0 Å². The number of nitrogens with zero attached hydrogens (tertiary/aromatic N) is 3. The van der Waals surface area contributed by atoms with Gasteiger partial charge in [-0.15, -0.1) is 0 Å². The van der Waals surface area contributed by atoms with Crippen molar-refractivity contribution in [2.45, 2.75) is 25.9 Å². The molecule has 1 atom stereocenters. The molecule has 1 unspecified atom stereocenters. The SMILES string of the molecule is CC(NC(=O)N1CCc2[nH]nc(-c3ccncc3)c2C1)c1ccc(Cl)c(F)c1. The molecule has 0 radical (unpaired) electrons. The molecule has 0 saturated carbocycles. The van der Waals surface area contributed by atoms with Crippen LogP contribution in [0.3, 0.4) is 0 Å². The van der Waals surface area contributed by atoms with E-state index < -0.39 is 5.82 Å². The number of aromatic nitrogens is 3. The van der Waals surface area contributed by atoms with Gasteiger partial charge in [0.25, 0.3) is 0 Å². The number of halogens is 2. The van der Waals surface area contributed by atoms with Crippen molar-refractivity contribution in [3.63, 3.8) is 0 Å². The van der Waals surface area contributed by atoms with Crippen molar-refractivity contribution >= 4 is 17.6 Å². The van der Waals surface area contributed by atoms with Gasteiger partial charge < -0.3 is 10.2 Å². The molecule has 3 aromatic rings. The van der Waals surface area contributed by atoms with Crippen molar-refractivity contribution in [2.75, 3.05) is 6.54 Å². The van der Waals surface area contributed by atoms with Crippen molar-refractivity contribution < 1.29 is 9.18 Å². The molecule has 1 aliphatic heterocycles. The van der Waals surface area contributed by atoms with E-state index in [2.05, 4.69) is 20.5 Å². The third kappa shape index (κ3) is 3.57. The van der Waals surface area contributed by atoms with Crippen LogP contribution in [0, 0.1) is 5.82 Å². The Hall–Kier alpha value is -2.93. The van der Waals surface area contributed by atoms with E-state index in [1.165, 1.54) is 12.1 Å². The van der Waals surface area contributed by atoms with Crippen LogP contribution in [0.5, 0.6) is 0 Å². The quantitative estimate of drug-likeness (QED) is 0.696. The lowest BCUT2D eigenvalue weighted by molar-refractivity contribution is 0.189. The molecular formula is C20H19ClFN5O. The first-order valence-electron chi connectivity index (χ1n) is 9.00. The van der Waals surface area contributed by atoms with Gasteiger partial charge in [-0.3, -0.25) is 10.1 Å². The molecule has 1 aliphatic rings. The van der Waals surface area contributed by atoms with Crippen LogP contribution < -0.4 is 5.32 Å². The number of carbonyl (C=O) groups is 1. The van der Waals surface area contributed by atoms with Crippen LogP contribution in [0.2, 0.25) is 5.02 Å². The van der Waals surface area contributed by atoms with Gasteiger partial charge in [-0.05, 0) is 36.8 Å². The molecule has 0 spiro atoms. The fourth-order valence-corrected chi connectivity index (χ4v) is 3.48. The van der Waals surface area contributed by atoms with Gasteiger partial charge in [-0.2, -0.15) is 5.10 Å².